The lowest BCUT2D eigenvalue weighted by Crippen LogP contribution is -2.41. The van der Waals surface area contributed by atoms with E-state index in [1.165, 1.54) is 30.6 Å². The lowest BCUT2D eigenvalue weighted by atomic mass is 9.78. The third-order valence-electron chi connectivity index (χ3n) is 4.26. The summed E-state index contributed by atoms with van der Waals surface area (Å²) in [7, 11) is 0. The van der Waals surface area contributed by atoms with Crippen LogP contribution in [0.5, 0.6) is 0 Å². The second kappa shape index (κ2) is 4.71. The Morgan fingerprint density at radius 3 is 3.00 bits per heavy atom. The number of nitrogens with one attached hydrogen (secondary N) is 1. The van der Waals surface area contributed by atoms with Crippen LogP contribution in [0.1, 0.15) is 31.1 Å². The van der Waals surface area contributed by atoms with Crippen LogP contribution in [0.3, 0.4) is 0 Å². The van der Waals surface area contributed by atoms with Crippen LogP contribution in [0.25, 0.3) is 0 Å². The molecule has 2 aliphatic rings. The summed E-state index contributed by atoms with van der Waals surface area (Å²) in [5.74, 6) is 0. The molecule has 17 heavy (non-hydrogen) atoms. The SMILES string of the molecule is CC1OCCC1(CNC1CC1)Cc1cccs1. The molecule has 1 aliphatic heterocycles. The normalized spacial score (nSPS) is 33.1. The van der Waals surface area contributed by atoms with Gasteiger partial charge < -0.3 is 10.1 Å². The molecule has 0 spiro atoms. The summed E-state index contributed by atoms with van der Waals surface area (Å²) in [6.07, 6.45) is 5.49. The molecule has 94 valence electrons. The van der Waals surface area contributed by atoms with Crippen molar-refractivity contribution in [2.45, 2.75) is 44.8 Å². The van der Waals surface area contributed by atoms with Gasteiger partial charge >= 0.3 is 0 Å². The average molecular weight is 251 g/mol. The Hall–Kier alpha value is -0.380. The molecule has 3 heteroatoms. The van der Waals surface area contributed by atoms with Gasteiger partial charge in [0.1, 0.15) is 0 Å². The minimum Gasteiger partial charge on any atom is -0.378 e. The van der Waals surface area contributed by atoms with Crippen molar-refractivity contribution in [2.24, 2.45) is 5.41 Å². The van der Waals surface area contributed by atoms with E-state index in [-0.39, 0.29) is 0 Å². The molecule has 0 bridgehead atoms. The predicted molar refractivity (Wildman–Crippen MR) is 71.5 cm³/mol. The maximum atomic E-state index is 5.83. The van der Waals surface area contributed by atoms with Crippen molar-refractivity contribution >= 4 is 11.3 Å². The molecule has 1 N–H and O–H groups in total. The van der Waals surface area contributed by atoms with Crippen LogP contribution in [0, 0.1) is 5.41 Å². The molecule has 0 amide bonds. The van der Waals surface area contributed by atoms with Crippen LogP contribution >= 0.6 is 11.3 Å². The first-order valence-corrected chi connectivity index (χ1v) is 7.54. The van der Waals surface area contributed by atoms with E-state index in [0.29, 0.717) is 11.5 Å². The third kappa shape index (κ3) is 2.56. The summed E-state index contributed by atoms with van der Waals surface area (Å²) >= 11 is 1.88. The molecule has 1 aliphatic carbocycles. The first-order chi connectivity index (χ1) is 8.28. The Labute approximate surface area is 107 Å². The first kappa shape index (κ1) is 11.7. The number of rotatable bonds is 5. The molecule has 2 fully saturated rings. The van der Waals surface area contributed by atoms with Gasteiger partial charge in [-0.25, -0.2) is 0 Å². The predicted octanol–water partition coefficient (Wildman–Crippen LogP) is 2.84. The van der Waals surface area contributed by atoms with Crippen molar-refractivity contribution < 1.29 is 4.74 Å². The van der Waals surface area contributed by atoms with Crippen molar-refractivity contribution in [1.29, 1.82) is 0 Å². The second-order valence-corrected chi connectivity index (χ2v) is 6.57. The smallest absolute Gasteiger partial charge is 0.0619 e. The third-order valence-corrected chi connectivity index (χ3v) is 5.13. The fourth-order valence-electron chi connectivity index (χ4n) is 2.74. The Kier molecular flexibility index (Phi) is 3.24. The summed E-state index contributed by atoms with van der Waals surface area (Å²) in [5.41, 5.74) is 0.327. The van der Waals surface area contributed by atoms with Crippen molar-refractivity contribution in [3.8, 4) is 0 Å². The molecule has 1 aromatic rings. The van der Waals surface area contributed by atoms with Crippen molar-refractivity contribution in [3.63, 3.8) is 0 Å². The van der Waals surface area contributed by atoms with Crippen LogP contribution in [-0.4, -0.2) is 25.3 Å². The zero-order chi connectivity index (χ0) is 11.7. The molecule has 1 saturated heterocycles. The lowest BCUT2D eigenvalue weighted by Gasteiger charge is -2.32. The molecule has 1 aromatic heterocycles. The Bertz CT molecular complexity index is 360. The number of ether oxygens (including phenoxy) is 1. The summed E-state index contributed by atoms with van der Waals surface area (Å²) in [5, 5.41) is 5.89. The number of hydrogen-bond acceptors (Lipinski definition) is 3. The van der Waals surface area contributed by atoms with Gasteiger partial charge in [0.15, 0.2) is 0 Å². The Balaban J connectivity index is 1.70. The van der Waals surface area contributed by atoms with Crippen LogP contribution in [0.2, 0.25) is 0 Å². The van der Waals surface area contributed by atoms with E-state index >= 15 is 0 Å². The highest BCUT2D eigenvalue weighted by Crippen LogP contribution is 2.39. The molecular weight excluding hydrogens is 230 g/mol. The molecular formula is C14H21NOS. The summed E-state index contributed by atoms with van der Waals surface area (Å²) in [6.45, 7) is 4.30. The standard InChI is InChI=1S/C14H21NOS/c1-11-14(6-7-16-11,10-15-12-4-5-12)9-13-3-2-8-17-13/h2-3,8,11-12,15H,4-7,9-10H2,1H3. The highest BCUT2D eigenvalue weighted by molar-refractivity contribution is 7.09. The van der Waals surface area contributed by atoms with Gasteiger partial charge in [-0.05, 0) is 44.1 Å². The van der Waals surface area contributed by atoms with Gasteiger partial charge in [0.2, 0.25) is 0 Å². The minimum atomic E-state index is 0.327. The van der Waals surface area contributed by atoms with Crippen LogP contribution < -0.4 is 5.32 Å². The van der Waals surface area contributed by atoms with Gasteiger partial charge in [0.05, 0.1) is 6.10 Å². The molecule has 2 nitrogen and oxygen atoms in total. The number of thiophene rings is 1. The van der Waals surface area contributed by atoms with Crippen LogP contribution in [0.15, 0.2) is 17.5 Å². The van der Waals surface area contributed by atoms with E-state index in [4.69, 9.17) is 4.74 Å². The molecule has 0 radical (unpaired) electrons. The van der Waals surface area contributed by atoms with E-state index in [1.807, 2.05) is 11.3 Å². The molecule has 3 rings (SSSR count). The summed E-state index contributed by atoms with van der Waals surface area (Å²) in [4.78, 5) is 1.50. The largest absolute Gasteiger partial charge is 0.378 e. The fourth-order valence-corrected chi connectivity index (χ4v) is 3.60. The average Bonchev–Trinajstić information content (AvgIpc) is 2.90. The summed E-state index contributed by atoms with van der Waals surface area (Å²) in [6, 6.07) is 5.21. The highest BCUT2D eigenvalue weighted by atomic mass is 32.1. The number of hydrogen-bond donors (Lipinski definition) is 1. The van der Waals surface area contributed by atoms with E-state index in [2.05, 4.69) is 29.8 Å². The summed E-state index contributed by atoms with van der Waals surface area (Å²) < 4.78 is 5.83. The molecule has 2 atom stereocenters. The highest BCUT2D eigenvalue weighted by Gasteiger charge is 2.42. The zero-order valence-electron chi connectivity index (χ0n) is 10.4. The molecule has 2 unspecified atom stereocenters. The van der Waals surface area contributed by atoms with E-state index in [1.54, 1.807) is 0 Å². The molecule has 1 saturated carbocycles. The maximum absolute atomic E-state index is 5.83. The second-order valence-electron chi connectivity index (χ2n) is 5.54. The van der Waals surface area contributed by atoms with Gasteiger partial charge in [-0.1, -0.05) is 6.07 Å². The Morgan fingerprint density at radius 1 is 1.53 bits per heavy atom. The maximum Gasteiger partial charge on any atom is 0.0619 e. The van der Waals surface area contributed by atoms with Crippen molar-refractivity contribution in [3.05, 3.63) is 22.4 Å². The molecule has 0 aromatic carbocycles. The zero-order valence-corrected chi connectivity index (χ0v) is 11.3. The van der Waals surface area contributed by atoms with Crippen LogP contribution in [0.4, 0.5) is 0 Å². The van der Waals surface area contributed by atoms with Crippen molar-refractivity contribution in [2.75, 3.05) is 13.2 Å². The van der Waals surface area contributed by atoms with E-state index in [0.717, 1.165) is 19.2 Å². The van der Waals surface area contributed by atoms with Gasteiger partial charge in [-0.3, -0.25) is 0 Å². The monoisotopic (exact) mass is 251 g/mol. The van der Waals surface area contributed by atoms with Crippen molar-refractivity contribution in [1.82, 2.24) is 5.32 Å². The van der Waals surface area contributed by atoms with Gasteiger partial charge in [0.25, 0.3) is 0 Å². The van der Waals surface area contributed by atoms with Crippen LogP contribution in [-0.2, 0) is 11.2 Å². The fraction of sp³-hybridized carbons (Fsp3) is 0.714. The van der Waals surface area contributed by atoms with E-state index < -0.39 is 0 Å². The van der Waals surface area contributed by atoms with Gasteiger partial charge in [-0.2, -0.15) is 0 Å². The van der Waals surface area contributed by atoms with Gasteiger partial charge in [0, 0.05) is 29.5 Å². The topological polar surface area (TPSA) is 21.3 Å². The minimum absolute atomic E-state index is 0.327. The van der Waals surface area contributed by atoms with Gasteiger partial charge in [-0.15, -0.1) is 11.3 Å². The molecule has 2 heterocycles. The Morgan fingerprint density at radius 2 is 2.41 bits per heavy atom. The van der Waals surface area contributed by atoms with E-state index in [9.17, 15) is 0 Å². The lowest BCUT2D eigenvalue weighted by molar-refractivity contribution is 0.0632. The quantitative estimate of drug-likeness (QED) is 0.869. The first-order valence-electron chi connectivity index (χ1n) is 6.66.